The van der Waals surface area contributed by atoms with Crippen molar-refractivity contribution in [2.45, 2.75) is 26.8 Å². The quantitative estimate of drug-likeness (QED) is 0.673. The zero-order valence-corrected chi connectivity index (χ0v) is 17.3. The number of aryl methyl sites for hydroxylation is 2. The molecule has 0 unspecified atom stereocenters. The van der Waals surface area contributed by atoms with Gasteiger partial charge in [-0.25, -0.2) is 9.59 Å². The van der Waals surface area contributed by atoms with E-state index in [-0.39, 0.29) is 17.0 Å². The lowest BCUT2D eigenvalue weighted by atomic mass is 9.96. The van der Waals surface area contributed by atoms with Gasteiger partial charge in [-0.1, -0.05) is 6.07 Å². The van der Waals surface area contributed by atoms with Gasteiger partial charge in [-0.15, -0.1) is 0 Å². The van der Waals surface area contributed by atoms with E-state index in [0.29, 0.717) is 30.8 Å². The van der Waals surface area contributed by atoms with Gasteiger partial charge in [0, 0.05) is 30.0 Å². The Labute approximate surface area is 179 Å². The molecule has 1 amide bonds. The second-order valence-electron chi connectivity index (χ2n) is 7.75. The number of fused-ring (bicyclic) bond motifs is 1. The van der Waals surface area contributed by atoms with Gasteiger partial charge in [0.2, 0.25) is 0 Å². The number of aromatic nitrogens is 1. The third-order valence-electron chi connectivity index (χ3n) is 5.74. The number of carbonyl (C=O) groups is 3. The van der Waals surface area contributed by atoms with Gasteiger partial charge in [-0.3, -0.25) is 4.79 Å². The van der Waals surface area contributed by atoms with E-state index in [1.807, 2.05) is 30.5 Å². The van der Waals surface area contributed by atoms with E-state index in [0.717, 1.165) is 22.5 Å². The zero-order valence-electron chi connectivity index (χ0n) is 17.3. The fourth-order valence-corrected chi connectivity index (χ4v) is 4.12. The summed E-state index contributed by atoms with van der Waals surface area (Å²) in [6.07, 6.45) is 0.568. The summed E-state index contributed by atoms with van der Waals surface area (Å²) >= 11 is 0. The van der Waals surface area contributed by atoms with Crippen molar-refractivity contribution in [2.75, 3.05) is 6.54 Å². The number of hydrogen-bond donors (Lipinski definition) is 2. The van der Waals surface area contributed by atoms with Gasteiger partial charge in [0.15, 0.2) is 0 Å². The molecule has 0 spiro atoms. The summed E-state index contributed by atoms with van der Waals surface area (Å²) < 4.78 is 1.83. The number of benzene rings is 2. The third kappa shape index (κ3) is 3.70. The van der Waals surface area contributed by atoms with Gasteiger partial charge in [0.25, 0.3) is 5.91 Å². The summed E-state index contributed by atoms with van der Waals surface area (Å²) in [6, 6.07) is 13.4. The van der Waals surface area contributed by atoms with Crippen molar-refractivity contribution in [3.05, 3.63) is 87.7 Å². The van der Waals surface area contributed by atoms with Crippen LogP contribution in [0, 0.1) is 13.8 Å². The minimum atomic E-state index is -1.05. The van der Waals surface area contributed by atoms with Crippen LogP contribution in [0.5, 0.6) is 0 Å². The van der Waals surface area contributed by atoms with Crippen LogP contribution in [0.2, 0.25) is 0 Å². The van der Waals surface area contributed by atoms with Crippen LogP contribution in [0.1, 0.15) is 53.6 Å². The fraction of sp³-hybridized carbons (Fsp3) is 0.208. The number of amides is 1. The monoisotopic (exact) mass is 418 g/mol. The maximum absolute atomic E-state index is 13.2. The van der Waals surface area contributed by atoms with Gasteiger partial charge >= 0.3 is 11.9 Å². The molecule has 2 N–H and O–H groups in total. The number of carboxylic acid groups (broad SMARTS) is 2. The molecule has 7 heteroatoms. The first-order valence-electron chi connectivity index (χ1n) is 9.93. The maximum Gasteiger partial charge on any atom is 0.337 e. The summed E-state index contributed by atoms with van der Waals surface area (Å²) in [5.41, 5.74) is 4.86. The third-order valence-corrected chi connectivity index (χ3v) is 5.74. The van der Waals surface area contributed by atoms with Crippen LogP contribution in [0.15, 0.2) is 48.5 Å². The number of carbonyl (C=O) groups excluding carboxylic acids is 1. The van der Waals surface area contributed by atoms with E-state index in [1.165, 1.54) is 6.07 Å². The first-order valence-corrected chi connectivity index (χ1v) is 9.93. The van der Waals surface area contributed by atoms with E-state index in [1.54, 1.807) is 35.2 Å². The molecule has 1 aliphatic rings. The van der Waals surface area contributed by atoms with Crippen molar-refractivity contribution in [1.82, 2.24) is 9.47 Å². The van der Waals surface area contributed by atoms with Crippen LogP contribution in [-0.4, -0.2) is 44.1 Å². The van der Waals surface area contributed by atoms with E-state index < -0.39 is 11.9 Å². The Balaban J connectivity index is 1.67. The molecule has 4 rings (SSSR count). The lowest BCUT2D eigenvalue weighted by molar-refractivity contribution is 0.0686. The Morgan fingerprint density at radius 3 is 2.13 bits per heavy atom. The molecule has 3 aromatic rings. The number of hydrogen-bond acceptors (Lipinski definition) is 3. The summed E-state index contributed by atoms with van der Waals surface area (Å²) in [5.74, 6) is -2.21. The van der Waals surface area contributed by atoms with Gasteiger partial charge in [-0.05, 0) is 73.9 Å². The largest absolute Gasteiger partial charge is 0.478 e. The van der Waals surface area contributed by atoms with Gasteiger partial charge in [-0.2, -0.15) is 0 Å². The molecule has 0 radical (unpaired) electrons. The normalized spacial score (nSPS) is 13.0. The molecule has 0 saturated heterocycles. The van der Waals surface area contributed by atoms with Gasteiger partial charge < -0.3 is 19.7 Å². The molecule has 31 heavy (non-hydrogen) atoms. The minimum Gasteiger partial charge on any atom is -0.478 e. The number of carboxylic acids is 2. The molecule has 1 aliphatic heterocycles. The van der Waals surface area contributed by atoms with Crippen molar-refractivity contribution in [2.24, 2.45) is 0 Å². The van der Waals surface area contributed by atoms with Gasteiger partial charge in [0.1, 0.15) is 0 Å². The van der Waals surface area contributed by atoms with Gasteiger partial charge in [0.05, 0.1) is 16.8 Å². The van der Waals surface area contributed by atoms with E-state index in [2.05, 4.69) is 0 Å². The Morgan fingerprint density at radius 2 is 1.48 bits per heavy atom. The summed E-state index contributed by atoms with van der Waals surface area (Å²) in [4.78, 5) is 37.9. The molecule has 158 valence electrons. The molecule has 0 atom stereocenters. The molecule has 1 aromatic heterocycles. The predicted molar refractivity (Wildman–Crippen MR) is 114 cm³/mol. The molecular formula is C24H22N2O5. The van der Waals surface area contributed by atoms with Crippen LogP contribution in [-0.2, 0) is 13.0 Å². The Hall–Kier alpha value is -3.87. The second kappa shape index (κ2) is 7.75. The average Bonchev–Trinajstić information content (AvgIpc) is 3.09. The SMILES string of the molecule is Cc1ccc(C)n1-c1cc(C(=O)N2CCc3cc(C(=O)O)ccc3C2)ccc1C(=O)O. The standard InChI is InChI=1S/C24H22N2O5/c1-14-3-4-15(2)26(14)21-12-17(7-8-20(21)24(30)31)22(27)25-10-9-16-11-18(23(28)29)5-6-19(16)13-25/h3-8,11-12H,9-10,13H2,1-2H3,(H,28,29)(H,30,31). The van der Waals surface area contributed by atoms with E-state index >= 15 is 0 Å². The van der Waals surface area contributed by atoms with Crippen molar-refractivity contribution in [1.29, 1.82) is 0 Å². The molecule has 2 aromatic carbocycles. The Bertz CT molecular complexity index is 1210. The van der Waals surface area contributed by atoms with E-state index in [4.69, 9.17) is 0 Å². The Morgan fingerprint density at radius 1 is 0.806 bits per heavy atom. The highest BCUT2D eigenvalue weighted by atomic mass is 16.4. The van der Waals surface area contributed by atoms with E-state index in [9.17, 15) is 24.6 Å². The second-order valence-corrected chi connectivity index (χ2v) is 7.75. The highest BCUT2D eigenvalue weighted by molar-refractivity contribution is 5.98. The summed E-state index contributed by atoms with van der Waals surface area (Å²) in [7, 11) is 0. The Kier molecular flexibility index (Phi) is 5.10. The highest BCUT2D eigenvalue weighted by Crippen LogP contribution is 2.25. The van der Waals surface area contributed by atoms with Crippen LogP contribution in [0.4, 0.5) is 0 Å². The number of aromatic carboxylic acids is 2. The van der Waals surface area contributed by atoms with Crippen molar-refractivity contribution in [3.8, 4) is 5.69 Å². The first kappa shape index (κ1) is 20.4. The fourth-order valence-electron chi connectivity index (χ4n) is 4.12. The van der Waals surface area contributed by atoms with Crippen molar-refractivity contribution < 1.29 is 24.6 Å². The molecule has 2 heterocycles. The molecule has 0 bridgehead atoms. The average molecular weight is 418 g/mol. The van der Waals surface area contributed by atoms with Crippen LogP contribution in [0.3, 0.4) is 0 Å². The molecule has 0 fully saturated rings. The lowest BCUT2D eigenvalue weighted by Crippen LogP contribution is -2.36. The van der Waals surface area contributed by atoms with Crippen LogP contribution in [0.25, 0.3) is 5.69 Å². The summed E-state index contributed by atoms with van der Waals surface area (Å²) in [6.45, 7) is 4.62. The minimum absolute atomic E-state index is 0.129. The zero-order chi connectivity index (χ0) is 22.3. The van der Waals surface area contributed by atoms with Crippen molar-refractivity contribution in [3.63, 3.8) is 0 Å². The van der Waals surface area contributed by atoms with Crippen LogP contribution < -0.4 is 0 Å². The van der Waals surface area contributed by atoms with Crippen LogP contribution >= 0.6 is 0 Å². The predicted octanol–water partition coefficient (Wildman–Crippen LogP) is 3.69. The highest BCUT2D eigenvalue weighted by Gasteiger charge is 2.24. The first-order chi connectivity index (χ1) is 14.8. The molecule has 0 saturated carbocycles. The molecule has 7 nitrogen and oxygen atoms in total. The maximum atomic E-state index is 13.2. The topological polar surface area (TPSA) is 99.8 Å². The smallest absolute Gasteiger partial charge is 0.337 e. The lowest BCUT2D eigenvalue weighted by Gasteiger charge is -2.29. The molecular weight excluding hydrogens is 396 g/mol. The number of rotatable bonds is 4. The van der Waals surface area contributed by atoms with Crippen molar-refractivity contribution >= 4 is 17.8 Å². The number of nitrogens with zero attached hydrogens (tertiary/aromatic N) is 2. The summed E-state index contributed by atoms with van der Waals surface area (Å²) in [5, 5.41) is 18.8. The molecule has 0 aliphatic carbocycles.